The van der Waals surface area contributed by atoms with E-state index in [1.54, 1.807) is 0 Å². The number of ether oxygens (including phenoxy) is 1. The van der Waals surface area contributed by atoms with E-state index in [0.717, 1.165) is 25.3 Å². The maximum atomic E-state index is 12.2. The maximum absolute atomic E-state index is 12.2. The zero-order valence-electron chi connectivity index (χ0n) is 15.3. The first-order valence-corrected chi connectivity index (χ1v) is 10.3. The first-order chi connectivity index (χ1) is 13.7. The Labute approximate surface area is 166 Å². The number of primary sulfonamides is 1. The Balaban J connectivity index is 2.15. The quantitative estimate of drug-likeness (QED) is 0.533. The van der Waals surface area contributed by atoms with Gasteiger partial charge in [0.15, 0.2) is 5.75 Å². The van der Waals surface area contributed by atoms with Crippen LogP contribution in [0, 0.1) is 10.1 Å². The molecule has 29 heavy (non-hydrogen) atoms. The number of nitrogens with two attached hydrogens (primary N) is 1. The van der Waals surface area contributed by atoms with Crippen molar-refractivity contribution in [1.29, 1.82) is 0 Å². The second-order valence-corrected chi connectivity index (χ2v) is 8.10. The average Bonchev–Trinajstić information content (AvgIpc) is 2.68. The Morgan fingerprint density at radius 2 is 1.76 bits per heavy atom. The van der Waals surface area contributed by atoms with Crippen LogP contribution in [0.5, 0.6) is 11.5 Å². The monoisotopic (exact) mass is 421 g/mol. The van der Waals surface area contributed by atoms with Crippen LogP contribution in [0.1, 0.15) is 29.6 Å². The van der Waals surface area contributed by atoms with Gasteiger partial charge < -0.3 is 14.7 Å². The van der Waals surface area contributed by atoms with E-state index in [9.17, 15) is 28.4 Å². The number of nitro groups is 1. The van der Waals surface area contributed by atoms with E-state index >= 15 is 0 Å². The number of aromatic carboxylic acids is 1. The number of nitrogens with zero attached hydrogens (tertiary/aromatic N) is 2. The summed E-state index contributed by atoms with van der Waals surface area (Å²) >= 11 is 0. The standard InChI is InChI=1S/C18H19N3O7S/c19-29(26,27)16-11-12(18(22)23)10-15(20-8-2-1-3-9-20)17(16)28-14-6-4-13(5-7-14)21(24)25/h4-7,10-11H,1-3,8-9H2,(H,22,23)(H2,19,26,27). The third-order valence-corrected chi connectivity index (χ3v) is 5.47. The van der Waals surface area contributed by atoms with Crippen molar-refractivity contribution in [2.45, 2.75) is 24.2 Å². The number of piperidine rings is 1. The van der Waals surface area contributed by atoms with Gasteiger partial charge in [-0.15, -0.1) is 0 Å². The first kappa shape index (κ1) is 20.6. The summed E-state index contributed by atoms with van der Waals surface area (Å²) < 4.78 is 30.2. The van der Waals surface area contributed by atoms with Gasteiger partial charge in [-0.2, -0.15) is 0 Å². The molecule has 154 valence electrons. The molecule has 0 spiro atoms. The summed E-state index contributed by atoms with van der Waals surface area (Å²) in [5, 5.41) is 25.6. The normalized spacial score (nSPS) is 14.4. The molecule has 0 aromatic heterocycles. The summed E-state index contributed by atoms with van der Waals surface area (Å²) in [6.07, 6.45) is 2.73. The minimum atomic E-state index is -4.32. The predicted molar refractivity (Wildman–Crippen MR) is 104 cm³/mol. The molecule has 11 heteroatoms. The number of carboxylic acid groups (broad SMARTS) is 1. The second kappa shape index (κ2) is 8.05. The highest BCUT2D eigenvalue weighted by Gasteiger charge is 2.27. The molecule has 3 N–H and O–H groups in total. The van der Waals surface area contributed by atoms with Crippen molar-refractivity contribution in [3.8, 4) is 11.5 Å². The molecule has 1 aliphatic rings. The van der Waals surface area contributed by atoms with Crippen molar-refractivity contribution >= 4 is 27.4 Å². The molecular weight excluding hydrogens is 402 g/mol. The van der Waals surface area contributed by atoms with Crippen LogP contribution in [-0.2, 0) is 10.0 Å². The minimum Gasteiger partial charge on any atom is -0.478 e. The highest BCUT2D eigenvalue weighted by Crippen LogP contribution is 2.40. The van der Waals surface area contributed by atoms with E-state index in [1.807, 2.05) is 4.90 Å². The van der Waals surface area contributed by atoms with Gasteiger partial charge in [0.25, 0.3) is 5.69 Å². The lowest BCUT2D eigenvalue weighted by Gasteiger charge is -2.31. The van der Waals surface area contributed by atoms with Gasteiger partial charge in [0, 0.05) is 25.2 Å². The van der Waals surface area contributed by atoms with E-state index in [-0.39, 0.29) is 22.7 Å². The van der Waals surface area contributed by atoms with Crippen LogP contribution in [0.3, 0.4) is 0 Å². The number of sulfonamides is 1. The number of nitro benzene ring substituents is 1. The Bertz CT molecular complexity index is 1050. The molecule has 0 amide bonds. The highest BCUT2D eigenvalue weighted by atomic mass is 32.2. The Kier molecular flexibility index (Phi) is 5.71. The van der Waals surface area contributed by atoms with Crippen molar-refractivity contribution in [1.82, 2.24) is 0 Å². The zero-order chi connectivity index (χ0) is 21.2. The van der Waals surface area contributed by atoms with Crippen LogP contribution in [0.15, 0.2) is 41.3 Å². The lowest BCUT2D eigenvalue weighted by Crippen LogP contribution is -2.30. The van der Waals surface area contributed by atoms with Crippen LogP contribution in [0.2, 0.25) is 0 Å². The van der Waals surface area contributed by atoms with Gasteiger partial charge in [-0.1, -0.05) is 0 Å². The summed E-state index contributed by atoms with van der Waals surface area (Å²) in [5.41, 5.74) is -0.0841. The van der Waals surface area contributed by atoms with Gasteiger partial charge in [-0.05, 0) is 43.5 Å². The fraction of sp³-hybridized carbons (Fsp3) is 0.278. The van der Waals surface area contributed by atoms with E-state index in [2.05, 4.69) is 0 Å². The molecule has 0 radical (unpaired) electrons. The molecule has 10 nitrogen and oxygen atoms in total. The SMILES string of the molecule is NS(=O)(=O)c1cc(C(=O)O)cc(N2CCCCC2)c1Oc1ccc([N+](=O)[O-])cc1. The average molecular weight is 421 g/mol. The van der Waals surface area contributed by atoms with E-state index in [0.29, 0.717) is 18.8 Å². The number of hydrogen-bond acceptors (Lipinski definition) is 7. The lowest BCUT2D eigenvalue weighted by atomic mass is 10.1. The number of benzene rings is 2. The smallest absolute Gasteiger partial charge is 0.335 e. The molecule has 1 saturated heterocycles. The van der Waals surface area contributed by atoms with Crippen LogP contribution in [0.4, 0.5) is 11.4 Å². The summed E-state index contributed by atoms with van der Waals surface area (Å²) in [6.45, 7) is 1.20. The lowest BCUT2D eigenvalue weighted by molar-refractivity contribution is -0.384. The number of non-ortho nitro benzene ring substituents is 1. The number of carbonyl (C=O) groups is 1. The molecular formula is C18H19N3O7S. The van der Waals surface area contributed by atoms with Crippen LogP contribution in [0.25, 0.3) is 0 Å². The number of hydrogen-bond donors (Lipinski definition) is 2. The Hall–Kier alpha value is -3.18. The molecule has 0 unspecified atom stereocenters. The molecule has 2 aromatic rings. The fourth-order valence-corrected chi connectivity index (χ4v) is 3.84. The van der Waals surface area contributed by atoms with E-state index < -0.39 is 25.8 Å². The van der Waals surface area contributed by atoms with Crippen molar-refractivity contribution in [2.24, 2.45) is 5.14 Å². The molecule has 3 rings (SSSR count). The highest BCUT2D eigenvalue weighted by molar-refractivity contribution is 7.89. The summed E-state index contributed by atoms with van der Waals surface area (Å²) in [6, 6.07) is 7.40. The number of anilines is 1. The fourth-order valence-electron chi connectivity index (χ4n) is 3.15. The number of rotatable bonds is 6. The third-order valence-electron chi connectivity index (χ3n) is 4.55. The summed E-state index contributed by atoms with van der Waals surface area (Å²) in [4.78, 5) is 23.2. The van der Waals surface area contributed by atoms with Crippen LogP contribution in [-0.4, -0.2) is 37.5 Å². The zero-order valence-corrected chi connectivity index (χ0v) is 16.1. The Morgan fingerprint density at radius 3 is 2.28 bits per heavy atom. The van der Waals surface area contributed by atoms with Gasteiger partial charge in [0.1, 0.15) is 10.6 Å². The van der Waals surface area contributed by atoms with Gasteiger partial charge in [0.05, 0.1) is 16.2 Å². The van der Waals surface area contributed by atoms with E-state index in [4.69, 9.17) is 9.88 Å². The molecule has 0 saturated carbocycles. The van der Waals surface area contributed by atoms with Crippen molar-refractivity contribution < 1.29 is 28.0 Å². The van der Waals surface area contributed by atoms with Crippen LogP contribution < -0.4 is 14.8 Å². The molecule has 0 bridgehead atoms. The maximum Gasteiger partial charge on any atom is 0.335 e. The number of carboxylic acids is 1. The van der Waals surface area contributed by atoms with Crippen molar-refractivity contribution in [3.63, 3.8) is 0 Å². The molecule has 1 fully saturated rings. The van der Waals surface area contributed by atoms with Gasteiger partial charge in [-0.25, -0.2) is 18.4 Å². The molecule has 0 atom stereocenters. The van der Waals surface area contributed by atoms with Gasteiger partial charge >= 0.3 is 5.97 Å². The first-order valence-electron chi connectivity index (χ1n) is 8.78. The minimum absolute atomic E-state index is 0.103. The van der Waals surface area contributed by atoms with E-state index in [1.165, 1.54) is 30.3 Å². The van der Waals surface area contributed by atoms with Crippen molar-refractivity contribution in [3.05, 3.63) is 52.1 Å². The predicted octanol–water partition coefficient (Wildman–Crippen LogP) is 2.72. The summed E-state index contributed by atoms with van der Waals surface area (Å²) in [7, 11) is -4.32. The largest absolute Gasteiger partial charge is 0.478 e. The topological polar surface area (TPSA) is 153 Å². The molecule has 1 heterocycles. The molecule has 2 aromatic carbocycles. The molecule has 1 aliphatic heterocycles. The Morgan fingerprint density at radius 1 is 1.14 bits per heavy atom. The summed E-state index contributed by atoms with van der Waals surface area (Å²) in [5.74, 6) is -1.25. The van der Waals surface area contributed by atoms with Crippen LogP contribution >= 0.6 is 0 Å². The third kappa shape index (κ3) is 4.63. The molecule has 0 aliphatic carbocycles. The van der Waals surface area contributed by atoms with Crippen molar-refractivity contribution in [2.75, 3.05) is 18.0 Å². The second-order valence-electron chi connectivity index (χ2n) is 6.57. The van der Waals surface area contributed by atoms with Gasteiger partial charge in [0.2, 0.25) is 10.0 Å². The van der Waals surface area contributed by atoms with Gasteiger partial charge in [-0.3, -0.25) is 10.1 Å².